The fraction of sp³-hybridized carbons (Fsp3) is 0.972. The van der Waals surface area contributed by atoms with E-state index in [2.05, 4.69) is 25.7 Å². The first kappa shape index (κ1) is 31.8. The van der Waals surface area contributed by atoms with Crippen LogP contribution in [0.1, 0.15) is 112 Å². The summed E-state index contributed by atoms with van der Waals surface area (Å²) in [6, 6.07) is 0. The number of morpholine rings is 1. The fourth-order valence-electron chi connectivity index (χ4n) is 12.8. The van der Waals surface area contributed by atoms with E-state index in [1.165, 1.54) is 38.5 Å². The van der Waals surface area contributed by atoms with Crippen LogP contribution in [0.3, 0.4) is 0 Å². The molecule has 5 aliphatic carbocycles. The number of carboxylic acid groups (broad SMARTS) is 1. The Balaban J connectivity index is 1.02. The van der Waals surface area contributed by atoms with Crippen LogP contribution in [0.5, 0.6) is 0 Å². The molecule has 0 radical (unpaired) electrons. The monoisotopic (exact) mass is 617 g/mol. The molecule has 8 heteroatoms. The molecule has 7 rings (SSSR count). The summed E-state index contributed by atoms with van der Waals surface area (Å²) in [6.45, 7) is 13.9. The average Bonchev–Trinajstić information content (AvgIpc) is 3.53. The highest BCUT2D eigenvalue weighted by Crippen LogP contribution is 2.87. The number of rotatable bonds is 8. The third-order valence-electron chi connectivity index (χ3n) is 14.9. The molecule has 5 saturated carbocycles. The van der Waals surface area contributed by atoms with Crippen LogP contribution in [0.15, 0.2) is 0 Å². The number of aliphatic carboxylic acids is 1. The van der Waals surface area contributed by atoms with Crippen LogP contribution in [0.2, 0.25) is 0 Å². The van der Waals surface area contributed by atoms with Crippen molar-refractivity contribution in [2.24, 2.45) is 45.3 Å². The zero-order valence-electron chi connectivity index (χ0n) is 27.9. The molecule has 8 nitrogen and oxygen atoms in total. The van der Waals surface area contributed by atoms with Gasteiger partial charge >= 0.3 is 5.97 Å². The predicted octanol–water partition coefficient (Wildman–Crippen LogP) is 5.23. The molecule has 2 saturated heterocycles. The van der Waals surface area contributed by atoms with Gasteiger partial charge in [-0.25, -0.2) is 0 Å². The number of ether oxygens (including phenoxy) is 3. The summed E-state index contributed by atoms with van der Waals surface area (Å²) < 4.78 is 19.6. The quantitative estimate of drug-likeness (QED) is 0.340. The molecule has 0 aromatic rings. The van der Waals surface area contributed by atoms with E-state index in [1.807, 2.05) is 0 Å². The highest BCUT2D eigenvalue weighted by Gasteiger charge is 2.80. The van der Waals surface area contributed by atoms with E-state index in [9.17, 15) is 15.0 Å². The fourth-order valence-corrected chi connectivity index (χ4v) is 12.8. The molecule has 2 heterocycles. The van der Waals surface area contributed by atoms with Gasteiger partial charge in [0.2, 0.25) is 0 Å². The van der Waals surface area contributed by atoms with Crippen LogP contribution in [-0.4, -0.2) is 88.7 Å². The Bertz CT molecular complexity index is 1110. The maximum atomic E-state index is 11.0. The van der Waals surface area contributed by atoms with Crippen molar-refractivity contribution in [3.63, 3.8) is 0 Å². The summed E-state index contributed by atoms with van der Waals surface area (Å²) in [5.74, 6) is 2.00. The molecule has 12 atom stereocenters. The zero-order chi connectivity index (χ0) is 31.3. The molecule has 0 bridgehead atoms. The van der Waals surface area contributed by atoms with Gasteiger partial charge in [-0.3, -0.25) is 9.69 Å². The van der Waals surface area contributed by atoms with Gasteiger partial charge in [0.05, 0.1) is 30.5 Å². The van der Waals surface area contributed by atoms with E-state index in [-0.39, 0.29) is 36.4 Å². The van der Waals surface area contributed by atoms with Gasteiger partial charge in [-0.2, -0.15) is 0 Å². The average molecular weight is 618 g/mol. The number of carbonyl (C=O) groups is 1. The second-order valence-corrected chi connectivity index (χ2v) is 17.7. The summed E-state index contributed by atoms with van der Waals surface area (Å²) in [4.78, 5) is 13.3. The molecule has 0 amide bonds. The van der Waals surface area contributed by atoms with Gasteiger partial charge < -0.3 is 29.5 Å². The lowest BCUT2D eigenvalue weighted by molar-refractivity contribution is -0.245. The summed E-state index contributed by atoms with van der Waals surface area (Å²) in [5, 5.41) is 30.4. The molecule has 44 heavy (non-hydrogen) atoms. The van der Waals surface area contributed by atoms with E-state index in [0.717, 1.165) is 51.2 Å². The molecule has 0 aromatic heterocycles. The maximum Gasteiger partial charge on any atom is 0.303 e. The number of aliphatic hydroxyl groups excluding tert-OH is 1. The van der Waals surface area contributed by atoms with Crippen LogP contribution >= 0.6 is 0 Å². The van der Waals surface area contributed by atoms with Crippen molar-refractivity contribution in [1.29, 1.82) is 0 Å². The lowest BCUT2D eigenvalue weighted by Crippen LogP contribution is -2.56. The van der Waals surface area contributed by atoms with E-state index in [0.29, 0.717) is 47.0 Å². The van der Waals surface area contributed by atoms with Gasteiger partial charge in [-0.1, -0.05) is 20.8 Å². The Morgan fingerprint density at radius 2 is 1.80 bits per heavy atom. The maximum absolute atomic E-state index is 11.0. The predicted molar refractivity (Wildman–Crippen MR) is 166 cm³/mol. The van der Waals surface area contributed by atoms with Gasteiger partial charge in [0.25, 0.3) is 0 Å². The second-order valence-electron chi connectivity index (χ2n) is 17.7. The van der Waals surface area contributed by atoms with Crippen molar-refractivity contribution in [3.8, 4) is 0 Å². The standard InChI is InChI=1S/C36H59NO7/c1-32(2)27-11-9-22-24-19-26-23(8-10-25(43-26)31(40)33(3,4)41)34(24,5)14-15-35(22)21-36(27,35)13-12-28(32)44-30-20-37(17-18-42-30)16-6-7-29(38)39/h22-28,30-31,40-41H,6-21H2,1-5H3,(H,38,39)/t22?,23?,24?,25?,26?,27?,28-,30?,31-,34?,35-,36?/m0/s1. The highest BCUT2D eigenvalue weighted by atomic mass is 16.7. The third kappa shape index (κ3) is 4.86. The Labute approximate surface area is 264 Å². The van der Waals surface area contributed by atoms with E-state index in [1.54, 1.807) is 13.8 Å². The number of carboxylic acids is 1. The first-order valence-electron chi connectivity index (χ1n) is 18.0. The Morgan fingerprint density at radius 1 is 1.02 bits per heavy atom. The molecule has 7 fully saturated rings. The van der Waals surface area contributed by atoms with Gasteiger partial charge in [0, 0.05) is 19.5 Å². The van der Waals surface area contributed by atoms with Crippen molar-refractivity contribution in [2.45, 2.75) is 148 Å². The van der Waals surface area contributed by atoms with Gasteiger partial charge in [0.15, 0.2) is 6.29 Å². The molecule has 9 unspecified atom stereocenters. The first-order chi connectivity index (χ1) is 20.7. The topological polar surface area (TPSA) is 109 Å². The minimum absolute atomic E-state index is 0.0929. The van der Waals surface area contributed by atoms with Crippen molar-refractivity contribution in [3.05, 3.63) is 0 Å². The van der Waals surface area contributed by atoms with Crippen LogP contribution in [0, 0.1) is 45.3 Å². The number of nitrogens with zero attached hydrogens (tertiary/aromatic N) is 1. The van der Waals surface area contributed by atoms with Crippen LogP contribution < -0.4 is 0 Å². The summed E-state index contributed by atoms with van der Waals surface area (Å²) in [5.41, 5.74) is 0.201. The summed E-state index contributed by atoms with van der Waals surface area (Å²) in [6.07, 6.45) is 12.0. The molecule has 250 valence electrons. The van der Waals surface area contributed by atoms with Crippen molar-refractivity contribution in [2.75, 3.05) is 26.2 Å². The molecular formula is C36H59NO7. The van der Waals surface area contributed by atoms with Crippen LogP contribution in [-0.2, 0) is 19.0 Å². The smallest absolute Gasteiger partial charge is 0.303 e. The molecule has 2 spiro atoms. The van der Waals surface area contributed by atoms with Crippen molar-refractivity contribution >= 4 is 5.97 Å². The Morgan fingerprint density at radius 3 is 2.55 bits per heavy atom. The first-order valence-corrected chi connectivity index (χ1v) is 18.0. The minimum Gasteiger partial charge on any atom is -0.481 e. The highest BCUT2D eigenvalue weighted by molar-refractivity contribution is 5.66. The van der Waals surface area contributed by atoms with Crippen LogP contribution in [0.4, 0.5) is 0 Å². The Kier molecular flexibility index (Phi) is 7.87. The minimum atomic E-state index is -1.14. The number of hydrogen-bond donors (Lipinski definition) is 3. The number of fused-ring (bicyclic) bond motifs is 4. The largest absolute Gasteiger partial charge is 0.481 e. The van der Waals surface area contributed by atoms with Gasteiger partial charge in [-0.15, -0.1) is 0 Å². The molecule has 0 aromatic carbocycles. The summed E-state index contributed by atoms with van der Waals surface area (Å²) in [7, 11) is 0. The molecule has 2 aliphatic heterocycles. The van der Waals surface area contributed by atoms with Crippen molar-refractivity contribution in [1.82, 2.24) is 4.90 Å². The van der Waals surface area contributed by atoms with Crippen molar-refractivity contribution < 1.29 is 34.3 Å². The normalized spacial score (nSPS) is 48.7. The summed E-state index contributed by atoms with van der Waals surface area (Å²) >= 11 is 0. The van der Waals surface area contributed by atoms with E-state index < -0.39 is 17.7 Å². The SMILES string of the molecule is CC12CC[C@@]34CC35CC[C@H](OC3CN(CCCC(=O)O)CCO3)C(C)(C)C5CCC4C1CC1OC([C@H](O)C(C)(C)O)CCC12. The number of hydrogen-bond acceptors (Lipinski definition) is 7. The molecule has 7 aliphatic rings. The Hall–Kier alpha value is -0.770. The van der Waals surface area contributed by atoms with E-state index in [4.69, 9.17) is 19.3 Å². The lowest BCUT2D eigenvalue weighted by Gasteiger charge is -2.60. The number of aliphatic hydroxyl groups is 2. The van der Waals surface area contributed by atoms with E-state index >= 15 is 0 Å². The molecule has 3 N–H and O–H groups in total. The lowest BCUT2D eigenvalue weighted by atomic mass is 9.46. The van der Waals surface area contributed by atoms with Gasteiger partial charge in [0.1, 0.15) is 6.10 Å². The molecular weight excluding hydrogens is 558 g/mol. The third-order valence-corrected chi connectivity index (χ3v) is 14.9. The van der Waals surface area contributed by atoms with Crippen LogP contribution in [0.25, 0.3) is 0 Å². The van der Waals surface area contributed by atoms with Gasteiger partial charge in [-0.05, 0) is 136 Å². The zero-order valence-corrected chi connectivity index (χ0v) is 27.9. The second kappa shape index (κ2) is 10.9.